The molecule has 1 aliphatic rings. The van der Waals surface area contributed by atoms with Crippen LogP contribution in [0.1, 0.15) is 56.9 Å². The summed E-state index contributed by atoms with van der Waals surface area (Å²) in [6.07, 6.45) is -2.70. The molecule has 2 aromatic rings. The standard InChI is InChI=1S/C29H36BN3O9/c1-17(2)13-20(30-41-25(38)16-29(42-30,15-24(36)37)28(40)31-4)14-23(35)26(18(3)34)33-27(39)22-12-8-11-21(32-22)19-9-6-5-7-10-19/h5-12,17-18,20,26,34H,13-16H2,1-4H3,(H,31,40)(H,33,39)(H,36,37)/t18-,20-,26+,29-/m1/s1. The quantitative estimate of drug-likeness (QED) is 0.256. The van der Waals surface area contributed by atoms with Crippen molar-refractivity contribution in [1.82, 2.24) is 15.6 Å². The summed E-state index contributed by atoms with van der Waals surface area (Å²) in [6, 6.07) is 12.8. The summed E-state index contributed by atoms with van der Waals surface area (Å²) in [4.78, 5) is 67.9. The predicted octanol–water partition coefficient (Wildman–Crippen LogP) is 2.01. The lowest BCUT2D eigenvalue weighted by molar-refractivity contribution is -0.164. The highest BCUT2D eigenvalue weighted by molar-refractivity contribution is 6.50. The van der Waals surface area contributed by atoms with Gasteiger partial charge < -0.3 is 30.2 Å². The first-order chi connectivity index (χ1) is 19.8. The van der Waals surface area contributed by atoms with Crippen molar-refractivity contribution in [3.05, 3.63) is 54.2 Å². The van der Waals surface area contributed by atoms with E-state index in [1.807, 2.05) is 44.2 Å². The number of carboxylic acids is 1. The summed E-state index contributed by atoms with van der Waals surface area (Å²) in [7, 11) is -0.122. The largest absolute Gasteiger partial charge is 0.531 e. The second-order valence-electron chi connectivity index (χ2n) is 10.8. The number of ketones is 1. The van der Waals surface area contributed by atoms with E-state index in [0.29, 0.717) is 12.1 Å². The Morgan fingerprint density at radius 1 is 1.07 bits per heavy atom. The summed E-state index contributed by atoms with van der Waals surface area (Å²) >= 11 is 0. The van der Waals surface area contributed by atoms with Gasteiger partial charge in [-0.3, -0.25) is 24.0 Å². The second-order valence-corrected chi connectivity index (χ2v) is 10.8. The minimum absolute atomic E-state index is 0.0228. The molecule has 1 aromatic heterocycles. The summed E-state index contributed by atoms with van der Waals surface area (Å²) in [6.45, 7) is 5.09. The number of nitrogens with one attached hydrogen (secondary N) is 2. The Morgan fingerprint density at radius 3 is 2.36 bits per heavy atom. The van der Waals surface area contributed by atoms with Gasteiger partial charge in [0.25, 0.3) is 17.8 Å². The molecule has 1 saturated heterocycles. The lowest BCUT2D eigenvalue weighted by Crippen LogP contribution is -2.59. The van der Waals surface area contributed by atoms with Gasteiger partial charge >= 0.3 is 13.1 Å². The third-order valence-corrected chi connectivity index (χ3v) is 6.89. The Balaban J connectivity index is 1.83. The van der Waals surface area contributed by atoms with Crippen molar-refractivity contribution >= 4 is 36.7 Å². The van der Waals surface area contributed by atoms with Crippen LogP contribution in [-0.2, 0) is 28.5 Å². The number of benzene rings is 1. The molecule has 0 radical (unpaired) electrons. The van der Waals surface area contributed by atoms with Crippen molar-refractivity contribution in [2.75, 3.05) is 7.05 Å². The maximum atomic E-state index is 13.5. The summed E-state index contributed by atoms with van der Waals surface area (Å²) in [5.74, 6) is -5.08. The zero-order valence-corrected chi connectivity index (χ0v) is 24.0. The van der Waals surface area contributed by atoms with Crippen LogP contribution in [0.3, 0.4) is 0 Å². The zero-order chi connectivity index (χ0) is 31.0. The van der Waals surface area contributed by atoms with Crippen LogP contribution in [0.4, 0.5) is 0 Å². The highest BCUT2D eigenvalue weighted by Crippen LogP contribution is 2.36. The molecule has 12 nitrogen and oxygen atoms in total. The first-order valence-corrected chi connectivity index (χ1v) is 13.7. The number of carboxylic acid groups (broad SMARTS) is 1. The van der Waals surface area contributed by atoms with E-state index in [1.165, 1.54) is 20.0 Å². The molecule has 1 aromatic carbocycles. The van der Waals surface area contributed by atoms with Crippen LogP contribution in [-0.4, -0.2) is 76.6 Å². The van der Waals surface area contributed by atoms with Crippen molar-refractivity contribution in [1.29, 1.82) is 0 Å². The first-order valence-electron chi connectivity index (χ1n) is 13.7. The van der Waals surface area contributed by atoms with E-state index < -0.39 is 73.1 Å². The Hall–Kier alpha value is -4.10. The fraction of sp³-hybridized carbons (Fsp3) is 0.448. The number of amides is 2. The fourth-order valence-corrected chi connectivity index (χ4v) is 4.97. The van der Waals surface area contributed by atoms with Gasteiger partial charge in [-0.15, -0.1) is 0 Å². The fourth-order valence-electron chi connectivity index (χ4n) is 4.97. The van der Waals surface area contributed by atoms with E-state index in [1.54, 1.807) is 12.1 Å². The third kappa shape index (κ3) is 8.23. The number of aliphatic hydroxyl groups is 1. The maximum Gasteiger partial charge on any atom is 0.531 e. The zero-order valence-electron chi connectivity index (χ0n) is 24.0. The summed E-state index contributed by atoms with van der Waals surface area (Å²) in [5.41, 5.74) is -0.629. The molecular weight excluding hydrogens is 545 g/mol. The molecule has 1 fully saturated rings. The number of aliphatic hydroxyl groups excluding tert-OH is 1. The molecule has 224 valence electrons. The molecule has 2 amide bonds. The van der Waals surface area contributed by atoms with Crippen molar-refractivity contribution in [2.45, 2.75) is 70.0 Å². The van der Waals surface area contributed by atoms with Crippen LogP contribution >= 0.6 is 0 Å². The van der Waals surface area contributed by atoms with Gasteiger partial charge in [0, 0.05) is 24.8 Å². The SMILES string of the molecule is CNC(=O)[C@@]1(CC(=O)O)CC(=O)OB([C@@H](CC(=O)[C@@H](NC(=O)c2cccc(-c3ccccc3)n2)[C@@H](C)O)CC(C)C)O1. The lowest BCUT2D eigenvalue weighted by Gasteiger charge is -2.39. The highest BCUT2D eigenvalue weighted by Gasteiger charge is 2.54. The summed E-state index contributed by atoms with van der Waals surface area (Å²) < 4.78 is 11.3. The minimum Gasteiger partial charge on any atom is -0.509 e. The minimum atomic E-state index is -2.02. The third-order valence-electron chi connectivity index (χ3n) is 6.89. The molecule has 2 heterocycles. The maximum absolute atomic E-state index is 13.5. The number of rotatable bonds is 13. The van der Waals surface area contributed by atoms with Gasteiger partial charge in [0.05, 0.1) is 24.6 Å². The molecule has 0 aliphatic carbocycles. The van der Waals surface area contributed by atoms with Gasteiger partial charge in [-0.05, 0) is 31.4 Å². The van der Waals surface area contributed by atoms with E-state index in [-0.39, 0.29) is 18.0 Å². The molecule has 0 bridgehead atoms. The molecule has 3 rings (SSSR count). The van der Waals surface area contributed by atoms with Gasteiger partial charge in [0.2, 0.25) is 0 Å². The molecule has 0 saturated carbocycles. The Bertz CT molecular complexity index is 1300. The number of hydrogen-bond acceptors (Lipinski definition) is 9. The van der Waals surface area contributed by atoms with Gasteiger partial charge in [-0.2, -0.15) is 0 Å². The molecule has 42 heavy (non-hydrogen) atoms. The predicted molar refractivity (Wildman–Crippen MR) is 152 cm³/mol. The molecule has 1 aliphatic heterocycles. The number of carbonyl (C=O) groups excluding carboxylic acids is 4. The number of aromatic nitrogens is 1. The molecule has 13 heteroatoms. The number of pyridine rings is 1. The van der Waals surface area contributed by atoms with Crippen molar-refractivity contribution in [2.24, 2.45) is 5.92 Å². The van der Waals surface area contributed by atoms with E-state index >= 15 is 0 Å². The molecule has 4 atom stereocenters. The monoisotopic (exact) mass is 581 g/mol. The number of aliphatic carboxylic acids is 1. The van der Waals surface area contributed by atoms with Crippen molar-refractivity contribution in [3.8, 4) is 11.3 Å². The van der Waals surface area contributed by atoms with E-state index in [2.05, 4.69) is 15.6 Å². The highest BCUT2D eigenvalue weighted by atomic mass is 16.6. The average molecular weight is 581 g/mol. The number of nitrogens with zero attached hydrogens (tertiary/aromatic N) is 1. The second kappa shape index (κ2) is 14.2. The normalized spacial score (nSPS) is 18.9. The Morgan fingerprint density at radius 2 is 1.76 bits per heavy atom. The van der Waals surface area contributed by atoms with E-state index in [9.17, 15) is 34.2 Å². The topological polar surface area (TPSA) is 181 Å². The summed E-state index contributed by atoms with van der Waals surface area (Å²) in [5, 5.41) is 24.8. The van der Waals surface area contributed by atoms with Crippen LogP contribution in [0.25, 0.3) is 11.3 Å². The molecule has 0 unspecified atom stereocenters. The van der Waals surface area contributed by atoms with Gasteiger partial charge in [0.1, 0.15) is 11.7 Å². The average Bonchev–Trinajstić information content (AvgIpc) is 2.94. The van der Waals surface area contributed by atoms with Crippen LogP contribution < -0.4 is 10.6 Å². The van der Waals surface area contributed by atoms with Gasteiger partial charge in [0.15, 0.2) is 11.4 Å². The molecule has 0 spiro atoms. The van der Waals surface area contributed by atoms with Gasteiger partial charge in [-0.1, -0.05) is 50.2 Å². The number of carbonyl (C=O) groups is 5. The Kier molecular flexibility index (Phi) is 11.0. The number of hydrogen-bond donors (Lipinski definition) is 4. The van der Waals surface area contributed by atoms with Crippen molar-refractivity contribution in [3.63, 3.8) is 0 Å². The van der Waals surface area contributed by atoms with Crippen molar-refractivity contribution < 1.29 is 43.5 Å². The van der Waals surface area contributed by atoms with Crippen LogP contribution in [0.2, 0.25) is 5.82 Å². The first kappa shape index (κ1) is 32.4. The Labute approximate surface area is 244 Å². The van der Waals surface area contributed by atoms with Crippen LogP contribution in [0.5, 0.6) is 0 Å². The smallest absolute Gasteiger partial charge is 0.509 e. The van der Waals surface area contributed by atoms with E-state index in [4.69, 9.17) is 9.31 Å². The van der Waals surface area contributed by atoms with Crippen LogP contribution in [0.15, 0.2) is 48.5 Å². The van der Waals surface area contributed by atoms with Crippen LogP contribution in [0, 0.1) is 5.92 Å². The lowest BCUT2D eigenvalue weighted by atomic mass is 9.63. The molecular formula is C29H36BN3O9. The van der Waals surface area contributed by atoms with Gasteiger partial charge in [-0.25, -0.2) is 4.98 Å². The van der Waals surface area contributed by atoms with E-state index in [0.717, 1.165) is 5.56 Å². The number of Topliss-reactive ketones (excluding diaryl/α,β-unsaturated/α-hetero) is 1. The number of likely N-dealkylation sites (N-methyl/N-ethyl adjacent to an activating group) is 1. The molecule has 4 N–H and O–H groups in total.